The molecule has 3 aromatic rings. The topological polar surface area (TPSA) is 73.0 Å². The lowest BCUT2D eigenvalue weighted by Gasteiger charge is -2.20. The number of likely N-dealkylation sites (N-methyl/N-ethyl adjacent to an activating group) is 1. The molecule has 0 bridgehead atoms. The van der Waals surface area contributed by atoms with Gasteiger partial charge in [0.2, 0.25) is 5.75 Å². The van der Waals surface area contributed by atoms with E-state index in [-0.39, 0.29) is 0 Å². The molecular weight excluding hydrogens is 420 g/mol. The zero-order valence-corrected chi connectivity index (χ0v) is 20.0. The number of fused-ring (bicyclic) bond motifs is 1. The average molecular weight is 455 g/mol. The third-order valence-corrected chi connectivity index (χ3v) is 5.82. The number of esters is 1. The van der Waals surface area contributed by atoms with Crippen molar-refractivity contribution in [2.24, 2.45) is 0 Å². The average Bonchev–Trinajstić information content (AvgIpc) is 3.27. The fourth-order valence-electron chi connectivity index (χ4n) is 3.93. The molecule has 0 amide bonds. The molecule has 1 heterocycles. The molecule has 7 nitrogen and oxygen atoms in total. The number of unbranched alkanes of at least 4 members (excludes halogenated alkanes) is 1. The molecule has 0 saturated carbocycles. The van der Waals surface area contributed by atoms with Crippen molar-refractivity contribution in [3.05, 3.63) is 53.7 Å². The van der Waals surface area contributed by atoms with E-state index < -0.39 is 5.97 Å². The van der Waals surface area contributed by atoms with Crippen molar-refractivity contribution in [3.8, 4) is 17.2 Å². The number of nitrogens with zero attached hydrogens (tertiary/aromatic N) is 1. The number of ether oxygens (including phenoxy) is 4. The van der Waals surface area contributed by atoms with E-state index >= 15 is 0 Å². The molecule has 2 aromatic carbocycles. The second-order valence-corrected chi connectivity index (χ2v) is 7.80. The molecule has 0 spiro atoms. The van der Waals surface area contributed by atoms with Gasteiger partial charge in [0.25, 0.3) is 0 Å². The molecule has 33 heavy (non-hydrogen) atoms. The molecule has 7 heteroatoms. The van der Waals surface area contributed by atoms with E-state index in [0.717, 1.165) is 38.9 Å². The van der Waals surface area contributed by atoms with Crippen molar-refractivity contribution in [1.29, 1.82) is 0 Å². The number of para-hydroxylation sites is 1. The second kappa shape index (κ2) is 12.2. The van der Waals surface area contributed by atoms with Crippen LogP contribution in [-0.2, 0) is 11.2 Å². The fraction of sp³-hybridized carbons (Fsp3) is 0.423. The van der Waals surface area contributed by atoms with Crippen molar-refractivity contribution in [2.75, 3.05) is 47.6 Å². The van der Waals surface area contributed by atoms with Gasteiger partial charge in [-0.1, -0.05) is 25.1 Å². The number of nitrogens with one attached hydrogen (secondary N) is 1. The van der Waals surface area contributed by atoms with Crippen molar-refractivity contribution in [1.82, 2.24) is 9.88 Å². The van der Waals surface area contributed by atoms with Gasteiger partial charge in [-0.2, -0.15) is 0 Å². The Bertz CT molecular complexity index is 1020. The Morgan fingerprint density at radius 3 is 2.36 bits per heavy atom. The fourth-order valence-corrected chi connectivity index (χ4v) is 3.93. The van der Waals surface area contributed by atoms with Gasteiger partial charge < -0.3 is 28.8 Å². The molecule has 0 radical (unpaired) electrons. The Morgan fingerprint density at radius 1 is 0.970 bits per heavy atom. The number of aromatic amines is 1. The minimum absolute atomic E-state index is 0.371. The summed E-state index contributed by atoms with van der Waals surface area (Å²) < 4.78 is 21.4. The summed E-state index contributed by atoms with van der Waals surface area (Å²) in [5.41, 5.74) is 2.91. The summed E-state index contributed by atoms with van der Waals surface area (Å²) in [5.74, 6) is 0.903. The molecule has 0 aliphatic rings. The minimum Gasteiger partial charge on any atom is -0.493 e. The van der Waals surface area contributed by atoms with Crippen molar-refractivity contribution in [2.45, 2.75) is 26.2 Å². The molecule has 1 N–H and O–H groups in total. The zero-order valence-electron chi connectivity index (χ0n) is 20.0. The van der Waals surface area contributed by atoms with Crippen LogP contribution in [0.15, 0.2) is 42.6 Å². The van der Waals surface area contributed by atoms with Crippen LogP contribution in [0, 0.1) is 0 Å². The third-order valence-electron chi connectivity index (χ3n) is 5.82. The highest BCUT2D eigenvalue weighted by Gasteiger charge is 2.18. The molecule has 0 atom stereocenters. The van der Waals surface area contributed by atoms with Crippen LogP contribution in [0.5, 0.6) is 17.2 Å². The summed E-state index contributed by atoms with van der Waals surface area (Å²) in [6, 6.07) is 11.6. The lowest BCUT2D eigenvalue weighted by atomic mass is 10.1. The van der Waals surface area contributed by atoms with Gasteiger partial charge >= 0.3 is 5.97 Å². The van der Waals surface area contributed by atoms with Gasteiger partial charge in [0, 0.05) is 23.6 Å². The number of methoxy groups -OCH3 is 3. The molecule has 1 aromatic heterocycles. The largest absolute Gasteiger partial charge is 0.493 e. The lowest BCUT2D eigenvalue weighted by Crippen LogP contribution is -2.27. The van der Waals surface area contributed by atoms with Gasteiger partial charge in [0.1, 0.15) is 0 Å². The number of carbonyl (C=O) groups is 1. The van der Waals surface area contributed by atoms with Crippen molar-refractivity contribution < 1.29 is 23.7 Å². The van der Waals surface area contributed by atoms with Gasteiger partial charge in [-0.05, 0) is 56.1 Å². The van der Waals surface area contributed by atoms with Gasteiger partial charge in [0.05, 0.1) is 33.5 Å². The third kappa shape index (κ3) is 6.20. The maximum atomic E-state index is 12.5. The van der Waals surface area contributed by atoms with Crippen LogP contribution in [0.2, 0.25) is 0 Å². The first-order valence-corrected chi connectivity index (χ1v) is 11.4. The highest BCUT2D eigenvalue weighted by Crippen LogP contribution is 2.38. The number of H-pyrrole nitrogens is 1. The Labute approximate surface area is 195 Å². The Hall–Kier alpha value is -3.19. The van der Waals surface area contributed by atoms with E-state index in [2.05, 4.69) is 47.3 Å². The normalized spacial score (nSPS) is 11.1. The monoisotopic (exact) mass is 454 g/mol. The van der Waals surface area contributed by atoms with E-state index in [1.54, 1.807) is 12.1 Å². The van der Waals surface area contributed by atoms with E-state index in [0.29, 0.717) is 29.4 Å². The summed E-state index contributed by atoms with van der Waals surface area (Å²) >= 11 is 0. The first-order valence-electron chi connectivity index (χ1n) is 11.4. The first-order chi connectivity index (χ1) is 16.1. The molecule has 0 saturated heterocycles. The zero-order chi connectivity index (χ0) is 23.6. The van der Waals surface area contributed by atoms with Gasteiger partial charge in [-0.15, -0.1) is 0 Å². The maximum Gasteiger partial charge on any atom is 0.338 e. The number of carbonyl (C=O) groups excluding carboxylic acids is 1. The summed E-state index contributed by atoms with van der Waals surface area (Å²) in [6.07, 6.45) is 4.89. The van der Waals surface area contributed by atoms with E-state index in [9.17, 15) is 4.79 Å². The summed E-state index contributed by atoms with van der Waals surface area (Å²) in [6.45, 7) is 5.52. The number of hydrogen-bond acceptors (Lipinski definition) is 6. The SMILES string of the molecule is CCN(CCCCOC(=O)c1cc(OC)c(OC)c(OC)c1)CCc1c[nH]c2ccccc12. The predicted octanol–water partition coefficient (Wildman–Crippen LogP) is 4.70. The minimum atomic E-state index is -0.402. The van der Waals surface area contributed by atoms with Crippen LogP contribution in [0.3, 0.4) is 0 Å². The van der Waals surface area contributed by atoms with E-state index in [1.165, 1.54) is 37.8 Å². The van der Waals surface area contributed by atoms with Crippen LogP contribution in [0.4, 0.5) is 0 Å². The van der Waals surface area contributed by atoms with Crippen LogP contribution < -0.4 is 14.2 Å². The predicted molar refractivity (Wildman–Crippen MR) is 130 cm³/mol. The van der Waals surface area contributed by atoms with Crippen LogP contribution >= 0.6 is 0 Å². The molecule has 3 rings (SSSR count). The quantitative estimate of drug-likeness (QED) is 0.298. The number of aromatic nitrogens is 1. The summed E-state index contributed by atoms with van der Waals surface area (Å²) in [4.78, 5) is 18.3. The van der Waals surface area contributed by atoms with Gasteiger partial charge in [-0.3, -0.25) is 0 Å². The number of rotatable bonds is 13. The highest BCUT2D eigenvalue weighted by molar-refractivity contribution is 5.91. The highest BCUT2D eigenvalue weighted by atomic mass is 16.5. The number of hydrogen-bond donors (Lipinski definition) is 1. The van der Waals surface area contributed by atoms with E-state index in [4.69, 9.17) is 18.9 Å². The molecular formula is C26H34N2O5. The summed E-state index contributed by atoms with van der Waals surface area (Å²) in [7, 11) is 4.56. The summed E-state index contributed by atoms with van der Waals surface area (Å²) in [5, 5.41) is 1.30. The second-order valence-electron chi connectivity index (χ2n) is 7.80. The molecule has 0 aliphatic heterocycles. The first kappa shape index (κ1) is 24.5. The molecule has 0 aliphatic carbocycles. The molecule has 0 fully saturated rings. The van der Waals surface area contributed by atoms with Gasteiger partial charge in [-0.25, -0.2) is 4.79 Å². The van der Waals surface area contributed by atoms with Gasteiger partial charge in [0.15, 0.2) is 11.5 Å². The lowest BCUT2D eigenvalue weighted by molar-refractivity contribution is 0.0494. The standard InChI is InChI=1S/C26H34N2O5/c1-5-28(14-12-19-18-27-22-11-7-6-10-21(19)22)13-8-9-15-33-26(29)20-16-23(30-2)25(32-4)24(17-20)31-3/h6-7,10-11,16-18,27H,5,8-9,12-15H2,1-4H3. The van der Waals surface area contributed by atoms with E-state index in [1.807, 2.05) is 0 Å². The molecule has 178 valence electrons. The molecule has 0 unspecified atom stereocenters. The maximum absolute atomic E-state index is 12.5. The van der Waals surface area contributed by atoms with Crippen LogP contribution in [-0.4, -0.2) is 63.4 Å². The Morgan fingerprint density at radius 2 is 1.70 bits per heavy atom. The van der Waals surface area contributed by atoms with Crippen LogP contribution in [0.25, 0.3) is 10.9 Å². The van der Waals surface area contributed by atoms with Crippen LogP contribution in [0.1, 0.15) is 35.7 Å². The Balaban J connectivity index is 1.43. The van der Waals surface area contributed by atoms with Crippen molar-refractivity contribution >= 4 is 16.9 Å². The number of benzene rings is 2. The van der Waals surface area contributed by atoms with Crippen molar-refractivity contribution in [3.63, 3.8) is 0 Å². The smallest absolute Gasteiger partial charge is 0.338 e. The Kier molecular flexibility index (Phi) is 9.01.